The molecule has 0 aliphatic carbocycles. The van der Waals surface area contributed by atoms with Gasteiger partial charge in [0.1, 0.15) is 0 Å². The van der Waals surface area contributed by atoms with E-state index in [2.05, 4.69) is 48.2 Å². The smallest absolute Gasteiger partial charge is 0.254 e. The molecule has 0 atom stereocenters. The van der Waals surface area contributed by atoms with Gasteiger partial charge in [0.15, 0.2) is 0 Å². The molecule has 0 bridgehead atoms. The number of hydrogen-bond donors (Lipinski definition) is 1. The molecule has 2 heterocycles. The van der Waals surface area contributed by atoms with Crippen LogP contribution >= 0.6 is 0 Å². The molecule has 27 heavy (non-hydrogen) atoms. The van der Waals surface area contributed by atoms with Crippen molar-refractivity contribution in [1.82, 2.24) is 20.0 Å². The van der Waals surface area contributed by atoms with Crippen LogP contribution in [0.2, 0.25) is 0 Å². The van der Waals surface area contributed by atoms with Gasteiger partial charge >= 0.3 is 0 Å². The first-order chi connectivity index (χ1) is 13.0. The Labute approximate surface area is 161 Å². The molecule has 1 aromatic carbocycles. The topological polar surface area (TPSA) is 59.4 Å². The molecule has 1 aliphatic rings. The summed E-state index contributed by atoms with van der Waals surface area (Å²) in [5, 5.41) is 7.58. The molecule has 1 fully saturated rings. The van der Waals surface area contributed by atoms with E-state index in [4.69, 9.17) is 4.74 Å². The van der Waals surface area contributed by atoms with Gasteiger partial charge in [-0.2, -0.15) is 5.10 Å². The number of benzene rings is 1. The molecule has 1 N–H and O–H groups in total. The number of rotatable bonds is 7. The first kappa shape index (κ1) is 19.6. The number of ether oxygens (including phenoxy) is 1. The van der Waals surface area contributed by atoms with Crippen LogP contribution in [0.25, 0.3) is 0 Å². The molecule has 1 aromatic heterocycles. The molecule has 2 aromatic rings. The van der Waals surface area contributed by atoms with Crippen molar-refractivity contribution in [3.8, 4) is 0 Å². The predicted molar refractivity (Wildman–Crippen MR) is 106 cm³/mol. The summed E-state index contributed by atoms with van der Waals surface area (Å²) in [5.41, 5.74) is 2.72. The Bertz CT molecular complexity index is 749. The monoisotopic (exact) mass is 370 g/mol. The highest BCUT2D eigenvalue weighted by atomic mass is 16.5. The molecule has 0 radical (unpaired) electrons. The number of amides is 1. The second-order valence-corrected chi connectivity index (χ2v) is 7.60. The third kappa shape index (κ3) is 4.76. The van der Waals surface area contributed by atoms with Crippen molar-refractivity contribution in [3.05, 3.63) is 53.3 Å². The van der Waals surface area contributed by atoms with Gasteiger partial charge in [-0.3, -0.25) is 14.4 Å². The lowest BCUT2D eigenvalue weighted by molar-refractivity contribution is -0.00923. The summed E-state index contributed by atoms with van der Waals surface area (Å²) in [6.07, 6.45) is 2.46. The van der Waals surface area contributed by atoms with Crippen LogP contribution in [-0.2, 0) is 17.7 Å². The average molecular weight is 370 g/mol. The number of hydrogen-bond acceptors (Lipinski definition) is 4. The molecule has 6 nitrogen and oxygen atoms in total. The van der Waals surface area contributed by atoms with Crippen LogP contribution in [-0.4, -0.2) is 59.0 Å². The van der Waals surface area contributed by atoms with Gasteiger partial charge in [0.25, 0.3) is 5.91 Å². The van der Waals surface area contributed by atoms with Gasteiger partial charge in [0.2, 0.25) is 0 Å². The maximum Gasteiger partial charge on any atom is 0.254 e. The summed E-state index contributed by atoms with van der Waals surface area (Å²) in [6.45, 7) is 11.0. The van der Waals surface area contributed by atoms with Crippen LogP contribution in [0, 0.1) is 0 Å². The van der Waals surface area contributed by atoms with E-state index >= 15 is 0 Å². The standard InChI is InChI=1S/C21H30N4O2/c1-4-19-18(14-23-25(19)15-17-8-6-5-7-9-17)20(26)22-16-21(2,3)24-10-12-27-13-11-24/h5-9,14H,4,10-13,15-16H2,1-3H3,(H,22,26). The summed E-state index contributed by atoms with van der Waals surface area (Å²) < 4.78 is 7.36. The molecule has 1 saturated heterocycles. The van der Waals surface area contributed by atoms with Crippen LogP contribution < -0.4 is 5.32 Å². The van der Waals surface area contributed by atoms with Crippen molar-refractivity contribution in [1.29, 1.82) is 0 Å². The van der Waals surface area contributed by atoms with E-state index in [0.717, 1.165) is 38.4 Å². The van der Waals surface area contributed by atoms with Crippen molar-refractivity contribution in [2.75, 3.05) is 32.8 Å². The number of carbonyl (C=O) groups is 1. The van der Waals surface area contributed by atoms with Crippen molar-refractivity contribution < 1.29 is 9.53 Å². The minimum Gasteiger partial charge on any atom is -0.379 e. The number of morpholine rings is 1. The number of aromatic nitrogens is 2. The molecular weight excluding hydrogens is 340 g/mol. The lowest BCUT2D eigenvalue weighted by Gasteiger charge is -2.40. The van der Waals surface area contributed by atoms with E-state index in [1.54, 1.807) is 6.20 Å². The van der Waals surface area contributed by atoms with Crippen LogP contribution in [0.4, 0.5) is 0 Å². The molecule has 0 saturated carbocycles. The number of nitrogens with zero attached hydrogens (tertiary/aromatic N) is 3. The number of nitrogens with one attached hydrogen (secondary N) is 1. The zero-order valence-electron chi connectivity index (χ0n) is 16.6. The Hall–Kier alpha value is -2.18. The third-order valence-corrected chi connectivity index (χ3v) is 5.25. The van der Waals surface area contributed by atoms with Crippen molar-refractivity contribution in [2.24, 2.45) is 0 Å². The van der Waals surface area contributed by atoms with E-state index in [1.807, 2.05) is 22.9 Å². The normalized spacial score (nSPS) is 15.7. The van der Waals surface area contributed by atoms with E-state index in [9.17, 15) is 4.79 Å². The van der Waals surface area contributed by atoms with Gasteiger partial charge in [0.05, 0.1) is 37.2 Å². The van der Waals surface area contributed by atoms with E-state index < -0.39 is 0 Å². The Morgan fingerprint density at radius 1 is 1.22 bits per heavy atom. The highest BCUT2D eigenvalue weighted by molar-refractivity contribution is 5.95. The van der Waals surface area contributed by atoms with Crippen LogP contribution in [0.3, 0.4) is 0 Å². The second kappa shape index (κ2) is 8.67. The summed E-state index contributed by atoms with van der Waals surface area (Å²) in [5.74, 6) is -0.0486. The highest BCUT2D eigenvalue weighted by Gasteiger charge is 2.29. The van der Waals surface area contributed by atoms with Gasteiger partial charge in [-0.05, 0) is 25.8 Å². The molecule has 146 valence electrons. The van der Waals surface area contributed by atoms with Crippen LogP contribution in [0.1, 0.15) is 42.4 Å². The first-order valence-corrected chi connectivity index (χ1v) is 9.71. The molecule has 0 spiro atoms. The zero-order valence-corrected chi connectivity index (χ0v) is 16.6. The Morgan fingerprint density at radius 3 is 2.59 bits per heavy atom. The summed E-state index contributed by atoms with van der Waals surface area (Å²) in [4.78, 5) is 15.2. The zero-order chi connectivity index (χ0) is 19.3. The fourth-order valence-corrected chi connectivity index (χ4v) is 3.54. The molecular formula is C21H30N4O2. The third-order valence-electron chi connectivity index (χ3n) is 5.25. The van der Waals surface area contributed by atoms with E-state index in [1.165, 1.54) is 5.56 Å². The van der Waals surface area contributed by atoms with Crippen molar-refractivity contribution in [3.63, 3.8) is 0 Å². The van der Waals surface area contributed by atoms with Crippen molar-refractivity contribution >= 4 is 5.91 Å². The lowest BCUT2D eigenvalue weighted by Crippen LogP contribution is -2.55. The largest absolute Gasteiger partial charge is 0.379 e. The average Bonchev–Trinajstić information content (AvgIpc) is 3.10. The lowest BCUT2D eigenvalue weighted by atomic mass is 10.0. The highest BCUT2D eigenvalue weighted by Crippen LogP contribution is 2.16. The maximum atomic E-state index is 12.8. The molecule has 0 unspecified atom stereocenters. The SMILES string of the molecule is CCc1c(C(=O)NCC(C)(C)N2CCOCC2)cnn1Cc1ccccc1. The van der Waals surface area contributed by atoms with Crippen LogP contribution in [0.15, 0.2) is 36.5 Å². The van der Waals surface area contributed by atoms with Crippen molar-refractivity contribution in [2.45, 2.75) is 39.3 Å². The van der Waals surface area contributed by atoms with Gasteiger partial charge in [-0.15, -0.1) is 0 Å². The summed E-state index contributed by atoms with van der Waals surface area (Å²) in [7, 11) is 0. The first-order valence-electron chi connectivity index (χ1n) is 9.71. The Balaban J connectivity index is 1.66. The second-order valence-electron chi connectivity index (χ2n) is 7.60. The molecule has 3 rings (SSSR count). The quantitative estimate of drug-likeness (QED) is 0.813. The number of carbonyl (C=O) groups excluding carboxylic acids is 1. The van der Waals surface area contributed by atoms with Crippen LogP contribution in [0.5, 0.6) is 0 Å². The van der Waals surface area contributed by atoms with E-state index in [0.29, 0.717) is 18.7 Å². The maximum absolute atomic E-state index is 12.8. The summed E-state index contributed by atoms with van der Waals surface area (Å²) >= 11 is 0. The van der Waals surface area contributed by atoms with Gasteiger partial charge < -0.3 is 10.1 Å². The molecule has 1 amide bonds. The molecule has 6 heteroatoms. The van der Waals surface area contributed by atoms with Gasteiger partial charge in [-0.25, -0.2) is 0 Å². The minimum atomic E-state index is -0.105. The van der Waals surface area contributed by atoms with Gasteiger partial charge in [0, 0.05) is 25.2 Å². The molecule has 1 aliphatic heterocycles. The fraction of sp³-hybridized carbons (Fsp3) is 0.524. The Morgan fingerprint density at radius 2 is 1.93 bits per heavy atom. The predicted octanol–water partition coefficient (Wildman–Crippen LogP) is 2.33. The Kier molecular flexibility index (Phi) is 6.29. The summed E-state index contributed by atoms with van der Waals surface area (Å²) in [6, 6.07) is 10.2. The minimum absolute atomic E-state index is 0.0486. The van der Waals surface area contributed by atoms with Gasteiger partial charge in [-0.1, -0.05) is 37.3 Å². The van der Waals surface area contributed by atoms with E-state index in [-0.39, 0.29) is 11.4 Å². The fourth-order valence-electron chi connectivity index (χ4n) is 3.54.